The fourth-order valence-corrected chi connectivity index (χ4v) is 3.73. The molecule has 2 heterocycles. The molecule has 0 aromatic heterocycles. The highest BCUT2D eigenvalue weighted by Gasteiger charge is 2.26. The minimum Gasteiger partial charge on any atom is -0.478 e. The summed E-state index contributed by atoms with van der Waals surface area (Å²) in [7, 11) is 0. The first-order valence-electron chi connectivity index (χ1n) is 9.10. The van der Waals surface area contributed by atoms with E-state index in [1.54, 1.807) is 24.3 Å². The molecule has 1 fully saturated rings. The predicted molar refractivity (Wildman–Crippen MR) is 104 cm³/mol. The van der Waals surface area contributed by atoms with Crippen molar-refractivity contribution in [3.8, 4) is 0 Å². The second kappa shape index (κ2) is 6.88. The SMILES string of the molecule is CC1CCCN1CC1Nc2ccc(Nc3ccc(C(=O)O)cc3)cc2N1. The van der Waals surface area contributed by atoms with E-state index in [4.69, 9.17) is 5.11 Å². The van der Waals surface area contributed by atoms with Crippen LogP contribution in [-0.2, 0) is 0 Å². The Morgan fingerprint density at radius 2 is 1.88 bits per heavy atom. The van der Waals surface area contributed by atoms with E-state index in [2.05, 4.69) is 39.9 Å². The van der Waals surface area contributed by atoms with Gasteiger partial charge in [0.15, 0.2) is 0 Å². The van der Waals surface area contributed by atoms with E-state index in [0.29, 0.717) is 6.04 Å². The minimum absolute atomic E-state index is 0.232. The van der Waals surface area contributed by atoms with E-state index < -0.39 is 5.97 Å². The first kappa shape index (κ1) is 16.7. The molecule has 0 spiro atoms. The van der Waals surface area contributed by atoms with Crippen LogP contribution in [0.3, 0.4) is 0 Å². The van der Waals surface area contributed by atoms with Gasteiger partial charge in [-0.15, -0.1) is 0 Å². The van der Waals surface area contributed by atoms with E-state index in [0.717, 1.165) is 29.3 Å². The first-order valence-corrected chi connectivity index (χ1v) is 9.10. The lowest BCUT2D eigenvalue weighted by molar-refractivity contribution is 0.0697. The summed E-state index contributed by atoms with van der Waals surface area (Å²) in [6.45, 7) is 4.47. The number of hydrogen-bond acceptors (Lipinski definition) is 5. The maximum absolute atomic E-state index is 10.9. The second-order valence-corrected chi connectivity index (χ2v) is 7.10. The number of carbonyl (C=O) groups is 1. The average Bonchev–Trinajstić information content (AvgIpc) is 3.21. The summed E-state index contributed by atoms with van der Waals surface area (Å²) in [5.74, 6) is -0.914. The number of rotatable bonds is 5. The lowest BCUT2D eigenvalue weighted by atomic mass is 10.2. The molecule has 0 bridgehead atoms. The van der Waals surface area contributed by atoms with Crippen molar-refractivity contribution in [1.29, 1.82) is 0 Å². The molecular weight excluding hydrogens is 328 g/mol. The lowest BCUT2D eigenvalue weighted by Crippen LogP contribution is -2.40. The van der Waals surface area contributed by atoms with Crippen LogP contribution in [0.2, 0.25) is 0 Å². The molecule has 26 heavy (non-hydrogen) atoms. The molecule has 136 valence electrons. The summed E-state index contributed by atoms with van der Waals surface area (Å²) in [5.41, 5.74) is 4.33. The Balaban J connectivity index is 1.41. The fourth-order valence-electron chi connectivity index (χ4n) is 3.73. The van der Waals surface area contributed by atoms with Crippen molar-refractivity contribution in [3.63, 3.8) is 0 Å². The van der Waals surface area contributed by atoms with E-state index in [1.165, 1.54) is 19.4 Å². The van der Waals surface area contributed by atoms with Crippen LogP contribution in [0.1, 0.15) is 30.1 Å². The quantitative estimate of drug-likeness (QED) is 0.656. The average molecular weight is 352 g/mol. The Labute approximate surface area is 153 Å². The molecule has 1 saturated heterocycles. The molecule has 0 radical (unpaired) electrons. The molecule has 6 nitrogen and oxygen atoms in total. The Morgan fingerprint density at radius 3 is 2.58 bits per heavy atom. The van der Waals surface area contributed by atoms with Crippen LogP contribution in [0.15, 0.2) is 42.5 Å². The van der Waals surface area contributed by atoms with E-state index in [9.17, 15) is 4.79 Å². The van der Waals surface area contributed by atoms with Crippen molar-refractivity contribution in [3.05, 3.63) is 48.0 Å². The van der Waals surface area contributed by atoms with Crippen LogP contribution >= 0.6 is 0 Å². The van der Waals surface area contributed by atoms with Crippen molar-refractivity contribution >= 4 is 28.7 Å². The molecule has 2 aliphatic rings. The van der Waals surface area contributed by atoms with Gasteiger partial charge >= 0.3 is 5.97 Å². The lowest BCUT2D eigenvalue weighted by Gasteiger charge is -2.25. The largest absolute Gasteiger partial charge is 0.478 e. The third-order valence-electron chi connectivity index (χ3n) is 5.21. The van der Waals surface area contributed by atoms with Gasteiger partial charge in [-0.05, 0) is 68.8 Å². The molecular formula is C20H24N4O2. The number of carboxylic acid groups (broad SMARTS) is 1. The third-order valence-corrected chi connectivity index (χ3v) is 5.21. The highest BCUT2D eigenvalue weighted by molar-refractivity contribution is 5.88. The van der Waals surface area contributed by atoms with Gasteiger partial charge in [-0.3, -0.25) is 4.90 Å². The number of carboxylic acids is 1. The molecule has 2 aromatic rings. The zero-order chi connectivity index (χ0) is 18.1. The Kier molecular flexibility index (Phi) is 4.42. The summed E-state index contributed by atoms with van der Waals surface area (Å²) in [5, 5.41) is 19.4. The van der Waals surface area contributed by atoms with Crippen LogP contribution in [0, 0.1) is 0 Å². The zero-order valence-electron chi connectivity index (χ0n) is 14.8. The van der Waals surface area contributed by atoms with Gasteiger partial charge in [0, 0.05) is 24.0 Å². The number of aromatic carboxylic acids is 1. The van der Waals surface area contributed by atoms with Gasteiger partial charge in [0.2, 0.25) is 0 Å². The van der Waals surface area contributed by atoms with Crippen LogP contribution in [0.4, 0.5) is 22.7 Å². The molecule has 2 unspecified atom stereocenters. The highest BCUT2D eigenvalue weighted by Crippen LogP contribution is 2.33. The van der Waals surface area contributed by atoms with Crippen molar-refractivity contribution in [2.75, 3.05) is 29.0 Å². The molecule has 2 aliphatic heterocycles. The molecule has 4 N–H and O–H groups in total. The second-order valence-electron chi connectivity index (χ2n) is 7.10. The van der Waals surface area contributed by atoms with Crippen LogP contribution in [0.25, 0.3) is 0 Å². The molecule has 0 saturated carbocycles. The monoisotopic (exact) mass is 352 g/mol. The summed E-state index contributed by atoms with van der Waals surface area (Å²) >= 11 is 0. The molecule has 2 atom stereocenters. The number of hydrogen-bond donors (Lipinski definition) is 4. The van der Waals surface area contributed by atoms with Gasteiger partial charge < -0.3 is 21.1 Å². The van der Waals surface area contributed by atoms with Gasteiger partial charge in [0.05, 0.1) is 16.9 Å². The van der Waals surface area contributed by atoms with Gasteiger partial charge in [-0.1, -0.05) is 0 Å². The third kappa shape index (κ3) is 3.46. The fraction of sp³-hybridized carbons (Fsp3) is 0.350. The van der Waals surface area contributed by atoms with E-state index in [1.807, 2.05) is 6.07 Å². The Bertz CT molecular complexity index is 806. The van der Waals surface area contributed by atoms with Gasteiger partial charge in [-0.25, -0.2) is 4.79 Å². The topological polar surface area (TPSA) is 76.6 Å². The number of nitrogens with zero attached hydrogens (tertiary/aromatic N) is 1. The summed E-state index contributed by atoms with van der Waals surface area (Å²) in [6, 6.07) is 13.6. The normalized spacial score (nSPS) is 21.7. The van der Waals surface area contributed by atoms with Crippen molar-refractivity contribution in [2.45, 2.75) is 32.0 Å². The van der Waals surface area contributed by atoms with Crippen molar-refractivity contribution < 1.29 is 9.90 Å². The van der Waals surface area contributed by atoms with Gasteiger partial charge in [0.1, 0.15) is 6.17 Å². The standard InChI is InChI=1S/C20H24N4O2/c1-13-3-2-10-24(13)12-19-22-17-9-8-16(11-18(17)23-19)21-15-6-4-14(5-7-15)20(25)26/h4-9,11,13,19,21-23H,2-3,10,12H2,1H3,(H,25,26). The molecule has 0 amide bonds. The molecule has 4 rings (SSSR count). The highest BCUT2D eigenvalue weighted by atomic mass is 16.4. The maximum atomic E-state index is 10.9. The molecule has 6 heteroatoms. The zero-order valence-corrected chi connectivity index (χ0v) is 14.8. The number of benzene rings is 2. The predicted octanol–water partition coefficient (Wildman–Crippen LogP) is 3.78. The number of nitrogens with one attached hydrogen (secondary N) is 3. The smallest absolute Gasteiger partial charge is 0.335 e. The Hall–Kier alpha value is -2.73. The van der Waals surface area contributed by atoms with E-state index >= 15 is 0 Å². The number of fused-ring (bicyclic) bond motifs is 1. The van der Waals surface area contributed by atoms with Crippen LogP contribution < -0.4 is 16.0 Å². The maximum Gasteiger partial charge on any atom is 0.335 e. The van der Waals surface area contributed by atoms with Crippen LogP contribution in [-0.4, -0.2) is 41.3 Å². The Morgan fingerprint density at radius 1 is 1.15 bits per heavy atom. The van der Waals surface area contributed by atoms with Crippen LogP contribution in [0.5, 0.6) is 0 Å². The number of likely N-dealkylation sites (tertiary alicyclic amines) is 1. The molecule has 0 aliphatic carbocycles. The summed E-state index contributed by atoms with van der Waals surface area (Å²) in [4.78, 5) is 13.5. The van der Waals surface area contributed by atoms with Crippen molar-refractivity contribution in [1.82, 2.24) is 4.90 Å². The van der Waals surface area contributed by atoms with Crippen molar-refractivity contribution in [2.24, 2.45) is 0 Å². The number of anilines is 4. The minimum atomic E-state index is -0.914. The van der Waals surface area contributed by atoms with Gasteiger partial charge in [0.25, 0.3) is 0 Å². The van der Waals surface area contributed by atoms with E-state index in [-0.39, 0.29) is 11.7 Å². The molecule has 2 aromatic carbocycles. The summed E-state index contributed by atoms with van der Waals surface area (Å²) < 4.78 is 0. The summed E-state index contributed by atoms with van der Waals surface area (Å²) in [6.07, 6.45) is 2.81. The first-order chi connectivity index (χ1) is 12.6. The van der Waals surface area contributed by atoms with Gasteiger partial charge in [-0.2, -0.15) is 0 Å².